The maximum Gasteiger partial charge on any atom is 0.305 e. The number of aliphatic hydroxyl groups is 3. The smallest absolute Gasteiger partial charge is 0.305 e. The molecule has 0 aliphatic carbocycles. The molecule has 1 rings (SSSR count). The van der Waals surface area contributed by atoms with Gasteiger partial charge in [0.25, 0.3) is 0 Å². The van der Waals surface area contributed by atoms with E-state index in [1.807, 2.05) is 0 Å². The fourth-order valence-electron chi connectivity index (χ4n) is 3.90. The van der Waals surface area contributed by atoms with Crippen LogP contribution < -0.4 is 0 Å². The molecule has 4 atom stereocenters. The second-order valence-corrected chi connectivity index (χ2v) is 8.80. The average Bonchev–Trinajstić information content (AvgIpc) is 2.74. The monoisotopic (exact) mass is 430 g/mol. The highest BCUT2D eigenvalue weighted by Gasteiger charge is 2.38. The van der Waals surface area contributed by atoms with Gasteiger partial charge in [-0.15, -0.1) is 0 Å². The second-order valence-electron chi connectivity index (χ2n) is 8.80. The Bertz CT molecular complexity index is 417. The minimum Gasteiger partial charge on any atom is -0.463 e. The van der Waals surface area contributed by atoms with Crippen molar-refractivity contribution in [1.82, 2.24) is 0 Å². The molecule has 178 valence electrons. The number of ether oxygens (including phenoxy) is 2. The second kappa shape index (κ2) is 17.9. The highest BCUT2D eigenvalue weighted by atomic mass is 16.6. The summed E-state index contributed by atoms with van der Waals surface area (Å²) in [5.74, 6) is -0.305. The SMILES string of the molecule is CCCCCCCCCCCCCCCCCC(=O)OC[C@H]1OC[C@H](O)[C@@H](O)[C@@H]1O. The zero-order chi connectivity index (χ0) is 22.0. The molecule has 6 heteroatoms. The molecule has 1 fully saturated rings. The topological polar surface area (TPSA) is 96.2 Å². The van der Waals surface area contributed by atoms with Crippen LogP contribution in [-0.4, -0.2) is 58.9 Å². The highest BCUT2D eigenvalue weighted by molar-refractivity contribution is 5.69. The van der Waals surface area contributed by atoms with Crippen LogP contribution in [0.3, 0.4) is 0 Å². The molecule has 0 aromatic heterocycles. The number of rotatable bonds is 18. The van der Waals surface area contributed by atoms with Crippen molar-refractivity contribution in [3.05, 3.63) is 0 Å². The van der Waals surface area contributed by atoms with Gasteiger partial charge < -0.3 is 24.8 Å². The summed E-state index contributed by atoms with van der Waals surface area (Å²) in [6.45, 7) is 2.10. The molecule has 1 saturated heterocycles. The van der Waals surface area contributed by atoms with Crippen molar-refractivity contribution >= 4 is 5.97 Å². The van der Waals surface area contributed by atoms with E-state index in [2.05, 4.69) is 6.92 Å². The van der Waals surface area contributed by atoms with Crippen molar-refractivity contribution in [2.75, 3.05) is 13.2 Å². The molecule has 0 aromatic rings. The van der Waals surface area contributed by atoms with Crippen LogP contribution in [0, 0.1) is 0 Å². The summed E-state index contributed by atoms with van der Waals surface area (Å²) in [7, 11) is 0. The maximum absolute atomic E-state index is 11.8. The van der Waals surface area contributed by atoms with Gasteiger partial charge in [-0.05, 0) is 6.42 Å². The lowest BCUT2D eigenvalue weighted by Crippen LogP contribution is -2.54. The molecule has 0 spiro atoms. The van der Waals surface area contributed by atoms with Gasteiger partial charge >= 0.3 is 5.97 Å². The number of carbonyl (C=O) groups excluding carboxylic acids is 1. The van der Waals surface area contributed by atoms with Crippen LogP contribution in [0.2, 0.25) is 0 Å². The van der Waals surface area contributed by atoms with Gasteiger partial charge in [0.1, 0.15) is 31.0 Å². The number of carbonyl (C=O) groups is 1. The molecule has 0 bridgehead atoms. The van der Waals surface area contributed by atoms with Gasteiger partial charge in [0, 0.05) is 6.42 Å². The fourth-order valence-corrected chi connectivity index (χ4v) is 3.90. The maximum atomic E-state index is 11.8. The van der Waals surface area contributed by atoms with E-state index in [4.69, 9.17) is 9.47 Å². The molecule has 1 aliphatic heterocycles. The van der Waals surface area contributed by atoms with Crippen molar-refractivity contribution < 1.29 is 29.6 Å². The van der Waals surface area contributed by atoms with Gasteiger partial charge in [0.2, 0.25) is 0 Å². The minimum atomic E-state index is -1.27. The minimum absolute atomic E-state index is 0.0699. The Morgan fingerprint density at radius 1 is 0.767 bits per heavy atom. The van der Waals surface area contributed by atoms with E-state index in [1.54, 1.807) is 0 Å². The zero-order valence-corrected chi connectivity index (χ0v) is 19.1. The Kier molecular flexibility index (Phi) is 16.3. The van der Waals surface area contributed by atoms with Gasteiger partial charge in [0.05, 0.1) is 6.61 Å². The van der Waals surface area contributed by atoms with Gasteiger partial charge in [-0.25, -0.2) is 0 Å². The van der Waals surface area contributed by atoms with E-state index in [9.17, 15) is 20.1 Å². The first-order valence-electron chi connectivity index (χ1n) is 12.4. The molecule has 3 N–H and O–H groups in total. The number of hydrogen-bond acceptors (Lipinski definition) is 6. The van der Waals surface area contributed by atoms with E-state index in [0.717, 1.165) is 19.3 Å². The largest absolute Gasteiger partial charge is 0.463 e. The lowest BCUT2D eigenvalue weighted by Gasteiger charge is -2.34. The third-order valence-electron chi connectivity index (χ3n) is 6.00. The van der Waals surface area contributed by atoms with Crippen molar-refractivity contribution in [1.29, 1.82) is 0 Å². The molecule has 6 nitrogen and oxygen atoms in total. The van der Waals surface area contributed by atoms with Crippen LogP contribution >= 0.6 is 0 Å². The molecule has 1 aliphatic rings. The Morgan fingerprint density at radius 2 is 1.23 bits per heavy atom. The Morgan fingerprint density at radius 3 is 1.73 bits per heavy atom. The Hall–Kier alpha value is -0.690. The predicted octanol–water partition coefficient (Wildman–Crippen LogP) is 4.27. The van der Waals surface area contributed by atoms with Gasteiger partial charge in [-0.1, -0.05) is 96.8 Å². The molecule has 0 aromatic carbocycles. The van der Waals surface area contributed by atoms with Crippen LogP contribution in [0.15, 0.2) is 0 Å². The standard InChI is InChI=1S/C24H46O6/c1-2-3-4-5-6-7-8-9-10-11-12-13-14-15-16-17-22(26)30-19-21-24(28)23(27)20(25)18-29-21/h20-21,23-25,27-28H,2-19H2,1H3/t20-,21+,23+,24+/m0/s1. The number of esters is 1. The number of hydrogen-bond donors (Lipinski definition) is 3. The van der Waals surface area contributed by atoms with Crippen molar-refractivity contribution in [2.45, 2.75) is 134 Å². The summed E-state index contributed by atoms with van der Waals surface area (Å²) in [6, 6.07) is 0. The highest BCUT2D eigenvalue weighted by Crippen LogP contribution is 2.17. The molecule has 1 heterocycles. The molecular weight excluding hydrogens is 384 g/mol. The first kappa shape index (κ1) is 27.3. The van der Waals surface area contributed by atoms with Crippen LogP contribution in [0.4, 0.5) is 0 Å². The summed E-state index contributed by atoms with van der Waals surface area (Å²) in [4.78, 5) is 11.8. The Labute approximate surface area is 183 Å². The zero-order valence-electron chi connectivity index (χ0n) is 19.1. The third kappa shape index (κ3) is 12.9. The van der Waals surface area contributed by atoms with Crippen LogP contribution in [-0.2, 0) is 14.3 Å². The van der Waals surface area contributed by atoms with E-state index in [-0.39, 0.29) is 19.2 Å². The van der Waals surface area contributed by atoms with Crippen LogP contribution in [0.25, 0.3) is 0 Å². The molecule has 0 saturated carbocycles. The van der Waals surface area contributed by atoms with Crippen LogP contribution in [0.1, 0.15) is 110 Å². The lowest BCUT2D eigenvalue weighted by molar-refractivity contribution is -0.201. The summed E-state index contributed by atoms with van der Waals surface area (Å²) in [5, 5.41) is 28.8. The van der Waals surface area contributed by atoms with E-state index in [1.165, 1.54) is 77.0 Å². The number of aliphatic hydroxyl groups excluding tert-OH is 3. The predicted molar refractivity (Wildman–Crippen MR) is 118 cm³/mol. The van der Waals surface area contributed by atoms with Crippen LogP contribution in [0.5, 0.6) is 0 Å². The van der Waals surface area contributed by atoms with E-state index >= 15 is 0 Å². The number of unbranched alkanes of at least 4 members (excludes halogenated alkanes) is 14. The summed E-state index contributed by atoms with van der Waals surface area (Å²) < 4.78 is 10.4. The summed E-state index contributed by atoms with van der Waals surface area (Å²) in [6.07, 6.45) is 15.2. The summed E-state index contributed by atoms with van der Waals surface area (Å²) in [5.41, 5.74) is 0. The molecule has 0 radical (unpaired) electrons. The fraction of sp³-hybridized carbons (Fsp3) is 0.958. The van der Waals surface area contributed by atoms with Gasteiger partial charge in [0.15, 0.2) is 0 Å². The van der Waals surface area contributed by atoms with Crippen molar-refractivity contribution in [3.63, 3.8) is 0 Å². The van der Waals surface area contributed by atoms with E-state index in [0.29, 0.717) is 6.42 Å². The lowest BCUT2D eigenvalue weighted by atomic mass is 10.0. The quantitative estimate of drug-likeness (QED) is 0.222. The molecule has 0 amide bonds. The van der Waals surface area contributed by atoms with Gasteiger partial charge in [-0.3, -0.25) is 4.79 Å². The van der Waals surface area contributed by atoms with Gasteiger partial charge in [-0.2, -0.15) is 0 Å². The van der Waals surface area contributed by atoms with E-state index < -0.39 is 24.4 Å². The van der Waals surface area contributed by atoms with Crippen molar-refractivity contribution in [2.24, 2.45) is 0 Å². The molecule has 30 heavy (non-hydrogen) atoms. The summed E-state index contributed by atoms with van der Waals surface area (Å²) >= 11 is 0. The van der Waals surface area contributed by atoms with Crippen molar-refractivity contribution in [3.8, 4) is 0 Å². The normalized spacial score (nSPS) is 24.1. The first-order chi connectivity index (χ1) is 14.6. The Balaban J connectivity index is 1.84. The average molecular weight is 431 g/mol. The molecule has 0 unspecified atom stereocenters. The molecular formula is C24H46O6. The first-order valence-corrected chi connectivity index (χ1v) is 12.4. The third-order valence-corrected chi connectivity index (χ3v) is 6.00.